The second-order valence-electron chi connectivity index (χ2n) is 4.78. The Labute approximate surface area is 142 Å². The van der Waals surface area contributed by atoms with Crippen LogP contribution in [0.3, 0.4) is 0 Å². The van der Waals surface area contributed by atoms with Gasteiger partial charge in [-0.15, -0.1) is 0 Å². The van der Waals surface area contributed by atoms with Crippen molar-refractivity contribution < 1.29 is 26.7 Å². The van der Waals surface area contributed by atoms with Crippen LogP contribution in [0.25, 0.3) is 6.08 Å². The molecule has 0 bridgehead atoms. The van der Waals surface area contributed by atoms with Crippen LogP contribution in [-0.4, -0.2) is 51.4 Å². The maximum Gasteiger partial charge on any atom is 0.387 e. The molecule has 0 radical (unpaired) electrons. The number of amides is 1. The fraction of sp³-hybridized carbons (Fsp3) is 0.357. The number of hydrogen-bond donors (Lipinski definition) is 0. The van der Waals surface area contributed by atoms with Crippen LogP contribution >= 0.6 is 15.9 Å². The third-order valence-electron chi connectivity index (χ3n) is 2.77. The van der Waals surface area contributed by atoms with Crippen LogP contribution < -0.4 is 4.74 Å². The number of rotatable bonds is 7. The Bertz CT molecular complexity index is 692. The third-order valence-corrected chi connectivity index (χ3v) is 4.18. The van der Waals surface area contributed by atoms with Crippen molar-refractivity contribution >= 4 is 37.8 Å². The number of likely N-dealkylation sites (N-methyl/N-ethyl adjacent to an activating group) is 1. The van der Waals surface area contributed by atoms with E-state index in [4.69, 9.17) is 0 Å². The molecular formula is C14H16BrF2NO4S. The summed E-state index contributed by atoms with van der Waals surface area (Å²) in [5.74, 6) is -0.664. The van der Waals surface area contributed by atoms with Gasteiger partial charge in [0.15, 0.2) is 0 Å². The van der Waals surface area contributed by atoms with Crippen molar-refractivity contribution in [3.05, 3.63) is 34.3 Å². The molecule has 0 aliphatic heterocycles. The average molecular weight is 412 g/mol. The standard InChI is InChI=1S/C14H16BrF2NO4S/c1-18(7-8-23(2,20)21)13(19)6-3-10-9-11(15)4-5-12(10)22-14(16)17/h3-6,9,14H,7-8H2,1-2H3/b6-3+. The van der Waals surface area contributed by atoms with E-state index in [-0.39, 0.29) is 18.0 Å². The normalized spacial score (nSPS) is 11.9. The summed E-state index contributed by atoms with van der Waals surface area (Å²) in [4.78, 5) is 13.1. The zero-order valence-electron chi connectivity index (χ0n) is 12.5. The summed E-state index contributed by atoms with van der Waals surface area (Å²) in [7, 11) is -1.72. The van der Waals surface area contributed by atoms with Crippen LogP contribution in [0, 0.1) is 0 Å². The summed E-state index contributed by atoms with van der Waals surface area (Å²) in [5, 5.41) is 0. The van der Waals surface area contributed by atoms with Crippen molar-refractivity contribution in [1.29, 1.82) is 0 Å². The molecule has 9 heteroatoms. The van der Waals surface area contributed by atoms with Gasteiger partial charge in [-0.2, -0.15) is 8.78 Å². The molecule has 0 atom stereocenters. The number of carbonyl (C=O) groups excluding carboxylic acids is 1. The molecule has 1 aromatic carbocycles. The van der Waals surface area contributed by atoms with Gasteiger partial charge in [0, 0.05) is 36.0 Å². The molecule has 5 nitrogen and oxygen atoms in total. The number of nitrogens with zero attached hydrogens (tertiary/aromatic N) is 1. The minimum atomic E-state index is -3.17. The Balaban J connectivity index is 2.83. The second kappa shape index (κ2) is 8.39. The maximum absolute atomic E-state index is 12.4. The zero-order valence-corrected chi connectivity index (χ0v) is 14.9. The largest absolute Gasteiger partial charge is 0.434 e. The summed E-state index contributed by atoms with van der Waals surface area (Å²) in [6, 6.07) is 4.42. The first-order valence-electron chi connectivity index (χ1n) is 6.44. The van der Waals surface area contributed by atoms with E-state index in [9.17, 15) is 22.0 Å². The molecule has 0 N–H and O–H groups in total. The molecule has 0 fully saturated rings. The summed E-state index contributed by atoms with van der Waals surface area (Å²) in [5.41, 5.74) is 0.296. The maximum atomic E-state index is 12.4. The van der Waals surface area contributed by atoms with E-state index in [1.54, 1.807) is 0 Å². The van der Waals surface area contributed by atoms with Gasteiger partial charge in [-0.3, -0.25) is 4.79 Å². The van der Waals surface area contributed by atoms with Crippen molar-refractivity contribution in [3.8, 4) is 5.75 Å². The van der Waals surface area contributed by atoms with Gasteiger partial charge in [0.1, 0.15) is 15.6 Å². The molecule has 0 aromatic heterocycles. The minimum absolute atomic E-state index is 0.0425. The van der Waals surface area contributed by atoms with Crippen LogP contribution in [-0.2, 0) is 14.6 Å². The highest BCUT2D eigenvalue weighted by Gasteiger charge is 2.11. The monoisotopic (exact) mass is 411 g/mol. The number of benzene rings is 1. The van der Waals surface area contributed by atoms with Crippen LogP contribution in [0.2, 0.25) is 0 Å². The van der Waals surface area contributed by atoms with Crippen molar-refractivity contribution in [3.63, 3.8) is 0 Å². The molecule has 1 rings (SSSR count). The number of alkyl halides is 2. The first kappa shape index (κ1) is 19.6. The third kappa shape index (κ3) is 7.56. The molecule has 0 aliphatic rings. The van der Waals surface area contributed by atoms with Gasteiger partial charge in [0.05, 0.1) is 5.75 Å². The van der Waals surface area contributed by atoms with E-state index in [2.05, 4.69) is 20.7 Å². The van der Waals surface area contributed by atoms with Gasteiger partial charge in [-0.05, 0) is 24.3 Å². The summed E-state index contributed by atoms with van der Waals surface area (Å²) in [6.07, 6.45) is 3.58. The van der Waals surface area contributed by atoms with Crippen LogP contribution in [0.4, 0.5) is 8.78 Å². The number of ether oxygens (including phenoxy) is 1. The minimum Gasteiger partial charge on any atom is -0.434 e. The van der Waals surface area contributed by atoms with E-state index >= 15 is 0 Å². The SMILES string of the molecule is CN(CCS(C)(=O)=O)C(=O)/C=C/c1cc(Br)ccc1OC(F)F. The molecule has 0 saturated carbocycles. The number of carbonyl (C=O) groups is 1. The summed E-state index contributed by atoms with van der Waals surface area (Å²) >= 11 is 3.21. The molecule has 0 spiro atoms. The molecule has 128 valence electrons. The highest BCUT2D eigenvalue weighted by atomic mass is 79.9. The van der Waals surface area contributed by atoms with Crippen LogP contribution in [0.15, 0.2) is 28.7 Å². The molecule has 1 amide bonds. The highest BCUT2D eigenvalue weighted by molar-refractivity contribution is 9.10. The summed E-state index contributed by atoms with van der Waals surface area (Å²) in [6.45, 7) is -2.93. The lowest BCUT2D eigenvalue weighted by Gasteiger charge is -2.14. The topological polar surface area (TPSA) is 63.7 Å². The van der Waals surface area contributed by atoms with Gasteiger partial charge in [-0.1, -0.05) is 15.9 Å². The Morgan fingerprint density at radius 1 is 1.43 bits per heavy atom. The van der Waals surface area contributed by atoms with Crippen molar-refractivity contribution in [2.24, 2.45) is 0 Å². The average Bonchev–Trinajstić information content (AvgIpc) is 2.43. The van der Waals surface area contributed by atoms with Crippen LogP contribution in [0.5, 0.6) is 5.75 Å². The Morgan fingerprint density at radius 3 is 2.65 bits per heavy atom. The second-order valence-corrected chi connectivity index (χ2v) is 7.96. The Kier molecular flexibility index (Phi) is 7.14. The first-order valence-corrected chi connectivity index (χ1v) is 9.29. The Morgan fingerprint density at radius 2 is 2.09 bits per heavy atom. The lowest BCUT2D eigenvalue weighted by molar-refractivity contribution is -0.124. The van der Waals surface area contributed by atoms with Gasteiger partial charge < -0.3 is 9.64 Å². The van der Waals surface area contributed by atoms with Gasteiger partial charge in [0.25, 0.3) is 0 Å². The fourth-order valence-corrected chi connectivity index (χ4v) is 2.54. The molecule has 0 saturated heterocycles. The van der Waals surface area contributed by atoms with E-state index in [1.165, 1.54) is 42.3 Å². The zero-order chi connectivity index (χ0) is 17.6. The highest BCUT2D eigenvalue weighted by Crippen LogP contribution is 2.26. The van der Waals surface area contributed by atoms with E-state index < -0.39 is 22.4 Å². The fourth-order valence-electron chi connectivity index (χ4n) is 1.55. The number of sulfone groups is 1. The number of halogens is 3. The van der Waals surface area contributed by atoms with Crippen molar-refractivity contribution in [1.82, 2.24) is 4.90 Å². The first-order chi connectivity index (χ1) is 10.6. The number of hydrogen-bond acceptors (Lipinski definition) is 4. The van der Waals surface area contributed by atoms with Gasteiger partial charge in [-0.25, -0.2) is 8.42 Å². The smallest absolute Gasteiger partial charge is 0.387 e. The Hall–Kier alpha value is -1.48. The van der Waals surface area contributed by atoms with E-state index in [0.29, 0.717) is 10.0 Å². The molecule has 1 aromatic rings. The quantitative estimate of drug-likeness (QED) is 0.646. The van der Waals surface area contributed by atoms with Gasteiger partial charge >= 0.3 is 6.61 Å². The summed E-state index contributed by atoms with van der Waals surface area (Å²) < 4.78 is 51.9. The molecular weight excluding hydrogens is 396 g/mol. The lowest BCUT2D eigenvalue weighted by Crippen LogP contribution is -2.29. The van der Waals surface area contributed by atoms with Crippen molar-refractivity contribution in [2.45, 2.75) is 6.61 Å². The van der Waals surface area contributed by atoms with E-state index in [0.717, 1.165) is 6.26 Å². The van der Waals surface area contributed by atoms with Crippen molar-refractivity contribution in [2.75, 3.05) is 25.6 Å². The predicted molar refractivity (Wildman–Crippen MR) is 87.2 cm³/mol. The van der Waals surface area contributed by atoms with E-state index in [1.807, 2.05) is 0 Å². The molecule has 0 aliphatic carbocycles. The predicted octanol–water partition coefficient (Wildman–Crippen LogP) is 2.57. The molecule has 0 heterocycles. The molecule has 23 heavy (non-hydrogen) atoms. The lowest BCUT2D eigenvalue weighted by atomic mass is 10.2. The van der Waals surface area contributed by atoms with Gasteiger partial charge in [0.2, 0.25) is 5.91 Å². The van der Waals surface area contributed by atoms with Crippen LogP contribution in [0.1, 0.15) is 5.56 Å². The molecule has 0 unspecified atom stereocenters.